The first-order chi connectivity index (χ1) is 8.94. The second-order valence-corrected chi connectivity index (χ2v) is 5.33. The van der Waals surface area contributed by atoms with Crippen molar-refractivity contribution in [2.75, 3.05) is 13.1 Å². The number of nitrogens with one attached hydrogen (secondary N) is 1. The molecule has 7 nitrogen and oxygen atoms in total. The number of primary amides is 1. The summed E-state index contributed by atoms with van der Waals surface area (Å²) in [6.07, 6.45) is 2.86. The Labute approximate surface area is 111 Å². The zero-order chi connectivity index (χ0) is 14.0. The number of aliphatic carboxylic acids is 1. The number of amides is 3. The average molecular weight is 269 g/mol. The van der Waals surface area contributed by atoms with Crippen LogP contribution in [0.25, 0.3) is 0 Å². The maximum Gasteiger partial charge on any atom is 0.329 e. The molecule has 0 unspecified atom stereocenters. The predicted molar refractivity (Wildman–Crippen MR) is 66.2 cm³/mol. The molecule has 1 heterocycles. The smallest absolute Gasteiger partial charge is 0.329 e. The van der Waals surface area contributed by atoms with Crippen molar-refractivity contribution >= 4 is 17.9 Å². The highest BCUT2D eigenvalue weighted by Gasteiger charge is 2.46. The molecule has 1 saturated carbocycles. The van der Waals surface area contributed by atoms with Crippen LogP contribution in [0.15, 0.2) is 0 Å². The number of rotatable bonds is 3. The maximum atomic E-state index is 12.0. The van der Waals surface area contributed by atoms with Crippen LogP contribution >= 0.6 is 0 Å². The summed E-state index contributed by atoms with van der Waals surface area (Å²) in [6.45, 7) is 0.879. The highest BCUT2D eigenvalue weighted by molar-refractivity contribution is 5.87. The minimum atomic E-state index is -1.09. The number of carboxylic acid groups (broad SMARTS) is 1. The van der Waals surface area contributed by atoms with Gasteiger partial charge in [0.15, 0.2) is 0 Å². The van der Waals surface area contributed by atoms with Crippen molar-refractivity contribution < 1.29 is 19.5 Å². The van der Waals surface area contributed by atoms with Crippen LogP contribution in [0, 0.1) is 5.92 Å². The zero-order valence-corrected chi connectivity index (χ0v) is 10.7. The monoisotopic (exact) mass is 269 g/mol. The van der Waals surface area contributed by atoms with Gasteiger partial charge in [0.25, 0.3) is 0 Å². The summed E-state index contributed by atoms with van der Waals surface area (Å²) in [4.78, 5) is 35.8. The molecule has 2 aliphatic rings. The lowest BCUT2D eigenvalue weighted by atomic mass is 9.77. The quantitative estimate of drug-likeness (QED) is 0.664. The van der Waals surface area contributed by atoms with E-state index in [-0.39, 0.29) is 17.9 Å². The Bertz CT molecular complexity index is 398. The highest BCUT2D eigenvalue weighted by atomic mass is 16.4. The fourth-order valence-corrected chi connectivity index (χ4v) is 2.57. The lowest BCUT2D eigenvalue weighted by Crippen LogP contribution is -2.62. The molecule has 1 aliphatic heterocycles. The fourth-order valence-electron chi connectivity index (χ4n) is 2.57. The molecule has 4 N–H and O–H groups in total. The van der Waals surface area contributed by atoms with Crippen LogP contribution in [0.3, 0.4) is 0 Å². The van der Waals surface area contributed by atoms with Crippen molar-refractivity contribution in [1.29, 1.82) is 0 Å². The van der Waals surface area contributed by atoms with Gasteiger partial charge >= 0.3 is 12.0 Å². The van der Waals surface area contributed by atoms with Gasteiger partial charge in [-0.2, -0.15) is 0 Å². The zero-order valence-electron chi connectivity index (χ0n) is 10.7. The minimum absolute atomic E-state index is 0.179. The Balaban J connectivity index is 1.88. The highest BCUT2D eigenvalue weighted by Crippen LogP contribution is 2.32. The number of likely N-dealkylation sites (tertiary alicyclic amines) is 1. The molecule has 0 radical (unpaired) electrons. The van der Waals surface area contributed by atoms with Gasteiger partial charge < -0.3 is 21.1 Å². The molecule has 0 aromatic heterocycles. The third kappa shape index (κ3) is 2.64. The number of hydrogen-bond donors (Lipinski definition) is 3. The number of carbonyl (C=O) groups is 3. The molecular formula is C12H19N3O4. The van der Waals surface area contributed by atoms with Gasteiger partial charge in [-0.05, 0) is 32.1 Å². The number of nitrogens with two attached hydrogens (primary N) is 1. The van der Waals surface area contributed by atoms with E-state index in [9.17, 15) is 14.4 Å². The second kappa shape index (κ2) is 5.07. The molecule has 1 saturated heterocycles. The first kappa shape index (κ1) is 13.6. The summed E-state index contributed by atoms with van der Waals surface area (Å²) in [7, 11) is 0. The molecular weight excluding hydrogens is 250 g/mol. The Kier molecular flexibility index (Phi) is 3.64. The first-order valence-electron chi connectivity index (χ1n) is 6.54. The van der Waals surface area contributed by atoms with E-state index in [0.717, 1.165) is 6.42 Å². The number of nitrogens with zero attached hydrogens (tertiary/aromatic N) is 1. The Hall–Kier alpha value is -1.79. The normalized spacial score (nSPS) is 22.4. The van der Waals surface area contributed by atoms with E-state index in [2.05, 4.69) is 5.32 Å². The Morgan fingerprint density at radius 3 is 2.16 bits per heavy atom. The Morgan fingerprint density at radius 1 is 1.21 bits per heavy atom. The molecule has 2 rings (SSSR count). The van der Waals surface area contributed by atoms with Crippen LogP contribution in [0.2, 0.25) is 0 Å². The second-order valence-electron chi connectivity index (χ2n) is 5.33. The van der Waals surface area contributed by atoms with Crippen LogP contribution in [-0.2, 0) is 9.59 Å². The van der Waals surface area contributed by atoms with Gasteiger partial charge in [0.2, 0.25) is 5.91 Å². The molecule has 0 atom stereocenters. The van der Waals surface area contributed by atoms with Crippen LogP contribution in [0.1, 0.15) is 32.1 Å². The van der Waals surface area contributed by atoms with Crippen molar-refractivity contribution in [3.63, 3.8) is 0 Å². The van der Waals surface area contributed by atoms with Crippen molar-refractivity contribution in [3.05, 3.63) is 0 Å². The standard InChI is InChI=1S/C12H19N3O4/c13-9(16)8-2-6-15(7-3-8)11(19)14-12(10(17)18)4-1-5-12/h8H,1-7H2,(H2,13,16)(H,14,19)(H,17,18). The molecule has 1 aliphatic carbocycles. The van der Waals surface area contributed by atoms with Gasteiger partial charge in [-0.3, -0.25) is 4.79 Å². The summed E-state index contributed by atoms with van der Waals surface area (Å²) >= 11 is 0. The average Bonchev–Trinajstić information content (AvgIpc) is 2.33. The van der Waals surface area contributed by atoms with Gasteiger partial charge in [0.1, 0.15) is 5.54 Å². The molecule has 19 heavy (non-hydrogen) atoms. The largest absolute Gasteiger partial charge is 0.480 e. The van der Waals surface area contributed by atoms with Gasteiger partial charge in [0, 0.05) is 19.0 Å². The Morgan fingerprint density at radius 2 is 1.79 bits per heavy atom. The van der Waals surface area contributed by atoms with Crippen molar-refractivity contribution in [2.45, 2.75) is 37.6 Å². The van der Waals surface area contributed by atoms with E-state index in [0.29, 0.717) is 38.8 Å². The van der Waals surface area contributed by atoms with Crippen molar-refractivity contribution in [1.82, 2.24) is 10.2 Å². The summed E-state index contributed by atoms with van der Waals surface area (Å²) in [5.41, 5.74) is 4.14. The third-order valence-electron chi connectivity index (χ3n) is 4.15. The molecule has 0 spiro atoms. The molecule has 7 heteroatoms. The molecule has 106 valence electrons. The van der Waals surface area contributed by atoms with Gasteiger partial charge in [0.05, 0.1) is 0 Å². The van der Waals surface area contributed by atoms with Gasteiger partial charge in [-0.25, -0.2) is 9.59 Å². The molecule has 0 aromatic rings. The van der Waals surface area contributed by atoms with E-state index in [1.807, 2.05) is 0 Å². The van der Waals surface area contributed by atoms with E-state index < -0.39 is 11.5 Å². The maximum absolute atomic E-state index is 12.0. The van der Waals surface area contributed by atoms with Crippen LogP contribution in [-0.4, -0.2) is 46.5 Å². The lowest BCUT2D eigenvalue weighted by Gasteiger charge is -2.40. The molecule has 3 amide bonds. The van der Waals surface area contributed by atoms with Crippen LogP contribution < -0.4 is 11.1 Å². The fraction of sp³-hybridized carbons (Fsp3) is 0.750. The SMILES string of the molecule is NC(=O)C1CCN(C(=O)NC2(C(=O)O)CCC2)CC1. The predicted octanol–water partition coefficient (Wildman–Crippen LogP) is -0.0994. The van der Waals surface area contributed by atoms with Crippen LogP contribution in [0.5, 0.6) is 0 Å². The lowest BCUT2D eigenvalue weighted by molar-refractivity contribution is -0.148. The molecule has 2 fully saturated rings. The topological polar surface area (TPSA) is 113 Å². The molecule has 0 aromatic carbocycles. The van der Waals surface area contributed by atoms with E-state index in [1.54, 1.807) is 4.90 Å². The summed E-state index contributed by atoms with van der Waals surface area (Å²) in [5.74, 6) is -1.48. The van der Waals surface area contributed by atoms with E-state index >= 15 is 0 Å². The van der Waals surface area contributed by atoms with Gasteiger partial charge in [-0.1, -0.05) is 0 Å². The number of piperidine rings is 1. The van der Waals surface area contributed by atoms with E-state index in [4.69, 9.17) is 10.8 Å². The number of urea groups is 1. The minimum Gasteiger partial charge on any atom is -0.480 e. The van der Waals surface area contributed by atoms with Gasteiger partial charge in [-0.15, -0.1) is 0 Å². The van der Waals surface area contributed by atoms with E-state index in [1.165, 1.54) is 0 Å². The first-order valence-corrected chi connectivity index (χ1v) is 6.54. The summed E-state index contributed by atoms with van der Waals surface area (Å²) in [6, 6.07) is -0.356. The molecule has 0 bridgehead atoms. The number of hydrogen-bond acceptors (Lipinski definition) is 3. The summed E-state index contributed by atoms with van der Waals surface area (Å²) < 4.78 is 0. The number of carboxylic acids is 1. The third-order valence-corrected chi connectivity index (χ3v) is 4.15. The number of carbonyl (C=O) groups excluding carboxylic acids is 2. The van der Waals surface area contributed by atoms with Crippen LogP contribution in [0.4, 0.5) is 4.79 Å². The van der Waals surface area contributed by atoms with Crippen molar-refractivity contribution in [3.8, 4) is 0 Å². The van der Waals surface area contributed by atoms with Crippen molar-refractivity contribution in [2.24, 2.45) is 11.7 Å². The summed E-state index contributed by atoms with van der Waals surface area (Å²) in [5, 5.41) is 11.8.